The Kier molecular flexibility index (Phi) is 2.35. The average molecular weight is 265 g/mol. The lowest BCUT2D eigenvalue weighted by atomic mass is 10.3. The van der Waals surface area contributed by atoms with Crippen molar-refractivity contribution in [3.8, 4) is 11.9 Å². The number of hydrogen-bond donors (Lipinski definition) is 1. The quantitative estimate of drug-likeness (QED) is 0.825. The second-order valence-electron chi connectivity index (χ2n) is 2.67. The molecule has 0 saturated carbocycles. The van der Waals surface area contributed by atoms with E-state index in [2.05, 4.69) is 31.0 Å². The lowest BCUT2D eigenvalue weighted by molar-refractivity contribution is 0.827. The molecule has 2 aromatic heterocycles. The zero-order valence-corrected chi connectivity index (χ0v) is 9.01. The summed E-state index contributed by atoms with van der Waals surface area (Å²) in [4.78, 5) is 7.92. The summed E-state index contributed by atoms with van der Waals surface area (Å²) in [5.41, 5.74) is 5.91. The fourth-order valence-corrected chi connectivity index (χ4v) is 1.47. The number of nitriles is 1. The van der Waals surface area contributed by atoms with E-state index >= 15 is 0 Å². The van der Waals surface area contributed by atoms with Gasteiger partial charge in [-0.3, -0.25) is 0 Å². The predicted octanol–water partition coefficient (Wildman–Crippen LogP) is 0.879. The van der Waals surface area contributed by atoms with E-state index in [1.807, 2.05) is 6.07 Å². The number of anilines is 1. The second kappa shape index (κ2) is 3.67. The van der Waals surface area contributed by atoms with Crippen LogP contribution in [0.2, 0.25) is 0 Å². The Morgan fingerprint density at radius 3 is 2.73 bits per heavy atom. The molecule has 6 nitrogen and oxygen atoms in total. The van der Waals surface area contributed by atoms with Crippen LogP contribution < -0.4 is 5.73 Å². The fraction of sp³-hybridized carbons (Fsp3) is 0. The van der Waals surface area contributed by atoms with Gasteiger partial charge >= 0.3 is 0 Å². The van der Waals surface area contributed by atoms with E-state index in [9.17, 15) is 0 Å². The van der Waals surface area contributed by atoms with E-state index in [1.165, 1.54) is 10.9 Å². The Morgan fingerprint density at radius 1 is 1.47 bits per heavy atom. The molecular weight excluding hydrogens is 260 g/mol. The highest BCUT2D eigenvalue weighted by molar-refractivity contribution is 9.10. The van der Waals surface area contributed by atoms with Gasteiger partial charge in [0.15, 0.2) is 5.82 Å². The van der Waals surface area contributed by atoms with Crippen LogP contribution in [0.1, 0.15) is 5.56 Å². The van der Waals surface area contributed by atoms with Crippen molar-refractivity contribution in [1.29, 1.82) is 5.26 Å². The van der Waals surface area contributed by atoms with Crippen LogP contribution in [0.15, 0.2) is 23.1 Å². The van der Waals surface area contributed by atoms with Crippen LogP contribution in [-0.4, -0.2) is 19.7 Å². The molecule has 0 atom stereocenters. The summed E-state index contributed by atoms with van der Waals surface area (Å²) in [6.07, 6.45) is 1.46. The maximum atomic E-state index is 8.60. The first-order valence-electron chi connectivity index (χ1n) is 3.95. The Bertz CT molecular complexity index is 523. The summed E-state index contributed by atoms with van der Waals surface area (Å²) in [5, 5.41) is 12.5. The van der Waals surface area contributed by atoms with Gasteiger partial charge in [0.1, 0.15) is 6.07 Å². The highest BCUT2D eigenvalue weighted by Crippen LogP contribution is 2.13. The molecule has 74 valence electrons. The number of rotatable bonds is 1. The third-order valence-electron chi connectivity index (χ3n) is 1.68. The number of nitrogens with zero attached hydrogens (tertiary/aromatic N) is 5. The summed E-state index contributed by atoms with van der Waals surface area (Å²) in [7, 11) is 0. The minimum Gasteiger partial charge on any atom is -0.366 e. The predicted molar refractivity (Wildman–Crippen MR) is 56.0 cm³/mol. The number of hydrogen-bond acceptors (Lipinski definition) is 5. The van der Waals surface area contributed by atoms with E-state index in [4.69, 9.17) is 11.0 Å². The molecule has 2 aromatic rings. The van der Waals surface area contributed by atoms with E-state index in [1.54, 1.807) is 12.1 Å². The van der Waals surface area contributed by atoms with Crippen molar-refractivity contribution in [1.82, 2.24) is 19.7 Å². The Morgan fingerprint density at radius 2 is 2.27 bits per heavy atom. The number of nitrogen functional groups attached to an aromatic ring is 1. The summed E-state index contributed by atoms with van der Waals surface area (Å²) < 4.78 is 1.91. The third kappa shape index (κ3) is 1.80. The lowest BCUT2D eigenvalue weighted by Gasteiger charge is -1.99. The molecule has 2 rings (SSSR count). The molecule has 0 radical (unpaired) electrons. The monoisotopic (exact) mass is 264 g/mol. The molecule has 0 amide bonds. The third-order valence-corrected chi connectivity index (χ3v) is 2.19. The van der Waals surface area contributed by atoms with Crippen LogP contribution in [0.3, 0.4) is 0 Å². The van der Waals surface area contributed by atoms with Gasteiger partial charge < -0.3 is 5.73 Å². The maximum Gasteiger partial charge on any atom is 0.240 e. The SMILES string of the molecule is N#Cc1ccc(-n2nc(N)nc2Br)nc1. The van der Waals surface area contributed by atoms with E-state index < -0.39 is 0 Å². The molecule has 0 aliphatic heterocycles. The molecule has 2 N–H and O–H groups in total. The Hall–Kier alpha value is -1.94. The minimum absolute atomic E-state index is 0.160. The fourth-order valence-electron chi connectivity index (χ4n) is 1.03. The van der Waals surface area contributed by atoms with Gasteiger partial charge in [0.05, 0.1) is 5.56 Å². The summed E-state index contributed by atoms with van der Waals surface area (Å²) in [5.74, 6) is 0.707. The molecule has 0 aliphatic carbocycles. The summed E-state index contributed by atoms with van der Waals surface area (Å²) in [6, 6.07) is 5.29. The molecule has 0 aromatic carbocycles. The van der Waals surface area contributed by atoms with E-state index in [0.29, 0.717) is 16.1 Å². The molecule has 15 heavy (non-hydrogen) atoms. The number of pyridine rings is 1. The van der Waals surface area contributed by atoms with Gasteiger partial charge in [0, 0.05) is 6.20 Å². The van der Waals surface area contributed by atoms with Crippen LogP contribution in [0.25, 0.3) is 5.82 Å². The number of aromatic nitrogens is 4. The number of nitrogens with two attached hydrogens (primary N) is 1. The second-order valence-corrected chi connectivity index (χ2v) is 3.38. The van der Waals surface area contributed by atoms with Gasteiger partial charge in [-0.2, -0.15) is 14.9 Å². The van der Waals surface area contributed by atoms with Crippen molar-refractivity contribution in [3.05, 3.63) is 28.6 Å². The molecule has 0 fully saturated rings. The van der Waals surface area contributed by atoms with Crippen LogP contribution in [0.4, 0.5) is 5.95 Å². The topological polar surface area (TPSA) is 93.4 Å². The number of halogens is 1. The molecule has 2 heterocycles. The zero-order chi connectivity index (χ0) is 10.8. The molecule has 0 spiro atoms. The van der Waals surface area contributed by atoms with Gasteiger partial charge in [-0.1, -0.05) is 0 Å². The van der Waals surface area contributed by atoms with E-state index in [-0.39, 0.29) is 5.95 Å². The van der Waals surface area contributed by atoms with Crippen molar-refractivity contribution in [3.63, 3.8) is 0 Å². The van der Waals surface area contributed by atoms with Gasteiger partial charge in [-0.25, -0.2) is 4.98 Å². The van der Waals surface area contributed by atoms with Crippen molar-refractivity contribution in [2.24, 2.45) is 0 Å². The van der Waals surface area contributed by atoms with Crippen LogP contribution in [0.5, 0.6) is 0 Å². The highest BCUT2D eigenvalue weighted by Gasteiger charge is 2.07. The van der Waals surface area contributed by atoms with Crippen LogP contribution >= 0.6 is 15.9 Å². The van der Waals surface area contributed by atoms with Gasteiger partial charge in [-0.15, -0.1) is 5.10 Å². The molecular formula is C8H5BrN6. The van der Waals surface area contributed by atoms with Crippen molar-refractivity contribution >= 4 is 21.9 Å². The van der Waals surface area contributed by atoms with Gasteiger partial charge in [0.25, 0.3) is 0 Å². The van der Waals surface area contributed by atoms with Crippen molar-refractivity contribution < 1.29 is 0 Å². The Labute approximate surface area is 93.5 Å². The maximum absolute atomic E-state index is 8.60. The van der Waals surface area contributed by atoms with Crippen LogP contribution in [0, 0.1) is 11.3 Å². The molecule has 0 aliphatic rings. The van der Waals surface area contributed by atoms with Crippen LogP contribution in [-0.2, 0) is 0 Å². The van der Waals surface area contributed by atoms with Gasteiger partial charge in [0.2, 0.25) is 10.7 Å². The zero-order valence-electron chi connectivity index (χ0n) is 7.42. The molecule has 0 bridgehead atoms. The first-order chi connectivity index (χ1) is 7.20. The van der Waals surface area contributed by atoms with Gasteiger partial charge in [-0.05, 0) is 28.1 Å². The minimum atomic E-state index is 0.160. The van der Waals surface area contributed by atoms with Crippen molar-refractivity contribution in [2.75, 3.05) is 5.73 Å². The molecule has 0 unspecified atom stereocenters. The first kappa shape index (κ1) is 9.61. The summed E-state index contributed by atoms with van der Waals surface area (Å²) >= 11 is 3.19. The lowest BCUT2D eigenvalue weighted by Crippen LogP contribution is -2.00. The Balaban J connectivity index is 2.46. The smallest absolute Gasteiger partial charge is 0.240 e. The summed E-state index contributed by atoms with van der Waals surface area (Å²) in [6.45, 7) is 0. The largest absolute Gasteiger partial charge is 0.366 e. The molecule has 7 heteroatoms. The first-order valence-corrected chi connectivity index (χ1v) is 4.74. The molecule has 0 saturated heterocycles. The van der Waals surface area contributed by atoms with E-state index in [0.717, 1.165) is 0 Å². The van der Waals surface area contributed by atoms with Crippen molar-refractivity contribution in [2.45, 2.75) is 0 Å². The standard InChI is InChI=1S/C8H5BrN6/c9-7-13-8(11)14-15(7)6-2-1-5(3-10)4-12-6/h1-2,4H,(H2,11,14). The average Bonchev–Trinajstić information content (AvgIpc) is 2.58. The highest BCUT2D eigenvalue weighted by atomic mass is 79.9. The normalized spacial score (nSPS) is 9.87.